The van der Waals surface area contributed by atoms with Gasteiger partial charge in [0.15, 0.2) is 0 Å². The maximum atomic E-state index is 12.0. The number of nitrogens with zero attached hydrogens (tertiary/aromatic N) is 1. The molecule has 0 bridgehead atoms. The lowest BCUT2D eigenvalue weighted by atomic mass is 10.1. The van der Waals surface area contributed by atoms with Crippen molar-refractivity contribution in [3.63, 3.8) is 0 Å². The Bertz CT molecular complexity index is 526. The molecule has 1 aromatic carbocycles. The van der Waals surface area contributed by atoms with Gasteiger partial charge in [-0.3, -0.25) is 4.90 Å². The Labute approximate surface area is 144 Å². The molecule has 3 rings (SSSR count). The molecule has 5 heteroatoms. The molecule has 1 atom stereocenters. The molecule has 1 saturated heterocycles. The van der Waals surface area contributed by atoms with E-state index >= 15 is 0 Å². The highest BCUT2D eigenvalue weighted by atomic mass is 16.3. The van der Waals surface area contributed by atoms with Crippen LogP contribution in [0.15, 0.2) is 24.3 Å². The van der Waals surface area contributed by atoms with Crippen LogP contribution in [-0.2, 0) is 13.0 Å². The standard InChI is InChI=1S/C19H29N3O2/c23-14-16-7-5-15(6-8-16)9-11-20-19(24)21-17-10-12-22(13-17)18-3-1-2-4-18/h5-8,17-18,23H,1-4,9-14H2,(H2,20,21,24). The summed E-state index contributed by atoms with van der Waals surface area (Å²) in [4.78, 5) is 14.6. The number of likely N-dealkylation sites (tertiary alicyclic amines) is 1. The van der Waals surface area contributed by atoms with E-state index in [0.717, 1.165) is 37.5 Å². The number of rotatable bonds is 6. The summed E-state index contributed by atoms with van der Waals surface area (Å²) in [6.45, 7) is 2.82. The van der Waals surface area contributed by atoms with E-state index in [9.17, 15) is 4.79 Å². The van der Waals surface area contributed by atoms with Crippen molar-refractivity contribution >= 4 is 6.03 Å². The Morgan fingerprint density at radius 1 is 1.12 bits per heavy atom. The molecule has 24 heavy (non-hydrogen) atoms. The quantitative estimate of drug-likeness (QED) is 0.747. The van der Waals surface area contributed by atoms with E-state index in [4.69, 9.17) is 5.11 Å². The van der Waals surface area contributed by atoms with Gasteiger partial charge in [0.2, 0.25) is 0 Å². The number of carbonyl (C=O) groups excluding carboxylic acids is 1. The largest absolute Gasteiger partial charge is 0.392 e. The normalized spacial score (nSPS) is 22.0. The van der Waals surface area contributed by atoms with Crippen molar-refractivity contribution in [2.45, 2.75) is 57.2 Å². The van der Waals surface area contributed by atoms with Crippen molar-refractivity contribution in [2.75, 3.05) is 19.6 Å². The fourth-order valence-electron chi connectivity index (χ4n) is 3.87. The molecule has 1 saturated carbocycles. The highest BCUT2D eigenvalue weighted by Crippen LogP contribution is 2.26. The lowest BCUT2D eigenvalue weighted by Gasteiger charge is -2.23. The molecule has 1 aromatic rings. The summed E-state index contributed by atoms with van der Waals surface area (Å²) in [5.74, 6) is 0. The second-order valence-electron chi connectivity index (χ2n) is 7.04. The van der Waals surface area contributed by atoms with E-state index in [-0.39, 0.29) is 18.7 Å². The second kappa shape index (κ2) is 8.49. The van der Waals surface area contributed by atoms with Crippen LogP contribution >= 0.6 is 0 Å². The van der Waals surface area contributed by atoms with Gasteiger partial charge in [-0.25, -0.2) is 4.79 Å². The minimum atomic E-state index is -0.0553. The summed E-state index contributed by atoms with van der Waals surface area (Å²) in [5.41, 5.74) is 2.08. The number of aliphatic hydroxyl groups is 1. The fourth-order valence-corrected chi connectivity index (χ4v) is 3.87. The van der Waals surface area contributed by atoms with Gasteiger partial charge in [-0.2, -0.15) is 0 Å². The molecule has 132 valence electrons. The van der Waals surface area contributed by atoms with Gasteiger partial charge in [0.05, 0.1) is 6.61 Å². The Morgan fingerprint density at radius 2 is 1.83 bits per heavy atom. The predicted molar refractivity (Wildman–Crippen MR) is 94.8 cm³/mol. The number of amides is 2. The van der Waals surface area contributed by atoms with E-state index in [1.807, 2.05) is 24.3 Å². The van der Waals surface area contributed by atoms with Crippen molar-refractivity contribution in [3.8, 4) is 0 Å². The Morgan fingerprint density at radius 3 is 2.54 bits per heavy atom. The first kappa shape index (κ1) is 17.2. The summed E-state index contributed by atoms with van der Waals surface area (Å²) < 4.78 is 0. The number of hydrogen-bond donors (Lipinski definition) is 3. The first-order valence-electron chi connectivity index (χ1n) is 9.21. The minimum Gasteiger partial charge on any atom is -0.392 e. The molecular weight excluding hydrogens is 302 g/mol. The Hall–Kier alpha value is -1.59. The van der Waals surface area contributed by atoms with E-state index in [0.29, 0.717) is 6.54 Å². The average Bonchev–Trinajstić information content (AvgIpc) is 3.27. The number of carbonyl (C=O) groups is 1. The summed E-state index contributed by atoms with van der Waals surface area (Å²) in [7, 11) is 0. The van der Waals surface area contributed by atoms with E-state index < -0.39 is 0 Å². The van der Waals surface area contributed by atoms with Gasteiger partial charge in [-0.05, 0) is 36.8 Å². The molecule has 5 nitrogen and oxygen atoms in total. The maximum Gasteiger partial charge on any atom is 0.315 e. The molecule has 1 heterocycles. The third-order valence-corrected chi connectivity index (χ3v) is 5.30. The van der Waals surface area contributed by atoms with Crippen molar-refractivity contribution < 1.29 is 9.90 Å². The number of nitrogens with one attached hydrogen (secondary N) is 2. The first-order chi connectivity index (χ1) is 11.7. The molecule has 0 radical (unpaired) electrons. The number of urea groups is 1. The monoisotopic (exact) mass is 331 g/mol. The average molecular weight is 331 g/mol. The lowest BCUT2D eigenvalue weighted by molar-refractivity contribution is 0.228. The number of hydrogen-bond acceptors (Lipinski definition) is 3. The zero-order valence-electron chi connectivity index (χ0n) is 14.3. The summed E-state index contributed by atoms with van der Waals surface area (Å²) >= 11 is 0. The highest BCUT2D eigenvalue weighted by molar-refractivity contribution is 5.74. The molecule has 1 unspecified atom stereocenters. The second-order valence-corrected chi connectivity index (χ2v) is 7.04. The molecule has 3 N–H and O–H groups in total. The first-order valence-corrected chi connectivity index (χ1v) is 9.21. The van der Waals surface area contributed by atoms with Crippen molar-refractivity contribution in [2.24, 2.45) is 0 Å². The van der Waals surface area contributed by atoms with Crippen molar-refractivity contribution in [1.82, 2.24) is 15.5 Å². The third kappa shape index (κ3) is 4.71. The van der Waals surface area contributed by atoms with Crippen LogP contribution < -0.4 is 10.6 Å². The summed E-state index contributed by atoms with van der Waals surface area (Å²) in [6, 6.07) is 8.83. The van der Waals surface area contributed by atoms with Crippen molar-refractivity contribution in [1.29, 1.82) is 0 Å². The zero-order valence-corrected chi connectivity index (χ0v) is 14.3. The predicted octanol–water partition coefficient (Wildman–Crippen LogP) is 2.04. The SMILES string of the molecule is O=C(NCCc1ccc(CO)cc1)NC1CCN(C2CCCC2)C1. The van der Waals surface area contributed by atoms with Crippen LogP contribution in [0.5, 0.6) is 0 Å². The van der Waals surface area contributed by atoms with Crippen molar-refractivity contribution in [3.05, 3.63) is 35.4 Å². The molecule has 2 fully saturated rings. The number of benzene rings is 1. The smallest absolute Gasteiger partial charge is 0.315 e. The van der Waals surface area contributed by atoms with E-state index in [2.05, 4.69) is 15.5 Å². The molecule has 0 aromatic heterocycles. The fraction of sp³-hybridized carbons (Fsp3) is 0.632. The van der Waals surface area contributed by atoms with Gasteiger partial charge in [-0.15, -0.1) is 0 Å². The highest BCUT2D eigenvalue weighted by Gasteiger charge is 2.30. The molecule has 0 spiro atoms. The molecule has 1 aliphatic heterocycles. The van der Waals surface area contributed by atoms with E-state index in [1.54, 1.807) is 0 Å². The van der Waals surface area contributed by atoms with Crippen LogP contribution in [0, 0.1) is 0 Å². The van der Waals surface area contributed by atoms with E-state index in [1.165, 1.54) is 31.2 Å². The van der Waals surface area contributed by atoms with Gasteiger partial charge < -0.3 is 15.7 Å². The topological polar surface area (TPSA) is 64.6 Å². The van der Waals surface area contributed by atoms with Crippen LogP contribution in [-0.4, -0.2) is 47.8 Å². The summed E-state index contributed by atoms with van der Waals surface area (Å²) in [6.07, 6.45) is 7.24. The van der Waals surface area contributed by atoms with Crippen LogP contribution in [0.2, 0.25) is 0 Å². The van der Waals surface area contributed by atoms with Gasteiger partial charge in [0.1, 0.15) is 0 Å². The lowest BCUT2D eigenvalue weighted by Crippen LogP contribution is -2.44. The van der Waals surface area contributed by atoms with Gasteiger partial charge in [0, 0.05) is 31.7 Å². The Balaban J connectivity index is 1.33. The van der Waals surface area contributed by atoms with Gasteiger partial charge in [-0.1, -0.05) is 37.1 Å². The maximum absolute atomic E-state index is 12.0. The molecule has 1 aliphatic carbocycles. The minimum absolute atomic E-state index is 0.0553. The van der Waals surface area contributed by atoms with Gasteiger partial charge in [0.25, 0.3) is 0 Å². The zero-order chi connectivity index (χ0) is 16.8. The molecular formula is C19H29N3O2. The molecule has 2 amide bonds. The summed E-state index contributed by atoms with van der Waals surface area (Å²) in [5, 5.41) is 15.1. The third-order valence-electron chi connectivity index (χ3n) is 5.30. The number of aliphatic hydroxyl groups excluding tert-OH is 1. The van der Waals surface area contributed by atoms with Crippen LogP contribution in [0.1, 0.15) is 43.2 Å². The van der Waals surface area contributed by atoms with Crippen LogP contribution in [0.3, 0.4) is 0 Å². The van der Waals surface area contributed by atoms with Crippen LogP contribution in [0.4, 0.5) is 4.79 Å². The van der Waals surface area contributed by atoms with Gasteiger partial charge >= 0.3 is 6.03 Å². The molecule has 2 aliphatic rings. The Kier molecular flexibility index (Phi) is 6.10. The van der Waals surface area contributed by atoms with Crippen LogP contribution in [0.25, 0.3) is 0 Å².